The summed E-state index contributed by atoms with van der Waals surface area (Å²) in [5, 5.41) is 0. The highest BCUT2D eigenvalue weighted by molar-refractivity contribution is 5.95. The molecular formula is C16H21NO3. The van der Waals surface area contributed by atoms with Gasteiger partial charge in [-0.25, -0.2) is 0 Å². The van der Waals surface area contributed by atoms with Crippen LogP contribution in [0, 0.1) is 0 Å². The number of methoxy groups -OCH3 is 2. The SMILES string of the molecule is C=Cc1cc(C(=O)N2CCC(OC)CC2)ccc1OC. The Balaban J connectivity index is 2.11. The third-order valence-corrected chi connectivity index (χ3v) is 3.76. The summed E-state index contributed by atoms with van der Waals surface area (Å²) in [4.78, 5) is 14.4. The van der Waals surface area contributed by atoms with Gasteiger partial charge in [0.2, 0.25) is 0 Å². The van der Waals surface area contributed by atoms with Gasteiger partial charge in [-0.15, -0.1) is 0 Å². The van der Waals surface area contributed by atoms with Gasteiger partial charge in [0.25, 0.3) is 5.91 Å². The summed E-state index contributed by atoms with van der Waals surface area (Å²) in [5.41, 5.74) is 1.52. The van der Waals surface area contributed by atoms with Crippen LogP contribution in [0.4, 0.5) is 0 Å². The smallest absolute Gasteiger partial charge is 0.253 e. The van der Waals surface area contributed by atoms with Crippen LogP contribution in [0.5, 0.6) is 5.75 Å². The van der Waals surface area contributed by atoms with Gasteiger partial charge < -0.3 is 14.4 Å². The number of carbonyl (C=O) groups excluding carboxylic acids is 1. The molecule has 1 aliphatic rings. The van der Waals surface area contributed by atoms with Gasteiger partial charge in [0.1, 0.15) is 5.75 Å². The minimum atomic E-state index is 0.0605. The van der Waals surface area contributed by atoms with Gasteiger partial charge in [-0.1, -0.05) is 12.7 Å². The van der Waals surface area contributed by atoms with Gasteiger partial charge >= 0.3 is 0 Å². The summed E-state index contributed by atoms with van der Waals surface area (Å²) >= 11 is 0. The summed E-state index contributed by atoms with van der Waals surface area (Å²) in [5.74, 6) is 0.792. The van der Waals surface area contributed by atoms with Crippen molar-refractivity contribution < 1.29 is 14.3 Å². The molecule has 0 bridgehead atoms. The number of hydrogen-bond donors (Lipinski definition) is 0. The Kier molecular flexibility index (Phi) is 4.79. The predicted molar refractivity (Wildman–Crippen MR) is 79.0 cm³/mol. The fourth-order valence-corrected chi connectivity index (χ4v) is 2.50. The van der Waals surface area contributed by atoms with Crippen LogP contribution in [-0.2, 0) is 4.74 Å². The van der Waals surface area contributed by atoms with E-state index in [2.05, 4.69) is 6.58 Å². The van der Waals surface area contributed by atoms with E-state index in [1.807, 2.05) is 17.0 Å². The van der Waals surface area contributed by atoms with Gasteiger partial charge in [-0.05, 0) is 31.0 Å². The highest BCUT2D eigenvalue weighted by atomic mass is 16.5. The predicted octanol–water partition coefficient (Wildman–Crippen LogP) is 2.59. The van der Waals surface area contributed by atoms with Crippen LogP contribution in [0.2, 0.25) is 0 Å². The van der Waals surface area contributed by atoms with Crippen molar-refractivity contribution in [2.75, 3.05) is 27.3 Å². The maximum Gasteiger partial charge on any atom is 0.253 e. The van der Waals surface area contributed by atoms with E-state index in [4.69, 9.17) is 9.47 Å². The van der Waals surface area contributed by atoms with Crippen LogP contribution in [0.25, 0.3) is 6.08 Å². The Labute approximate surface area is 120 Å². The second kappa shape index (κ2) is 6.57. The molecule has 0 aromatic heterocycles. The first-order valence-corrected chi connectivity index (χ1v) is 6.82. The van der Waals surface area contributed by atoms with Gasteiger partial charge in [0.15, 0.2) is 0 Å². The molecule has 20 heavy (non-hydrogen) atoms. The number of rotatable bonds is 4. The van der Waals surface area contributed by atoms with Crippen molar-refractivity contribution in [1.82, 2.24) is 4.90 Å². The first-order valence-electron chi connectivity index (χ1n) is 6.82. The van der Waals surface area contributed by atoms with Gasteiger partial charge in [-0.2, -0.15) is 0 Å². The lowest BCUT2D eigenvalue weighted by Crippen LogP contribution is -2.40. The van der Waals surface area contributed by atoms with E-state index in [0.717, 1.165) is 37.2 Å². The zero-order valence-electron chi connectivity index (χ0n) is 12.1. The second-order valence-electron chi connectivity index (χ2n) is 4.89. The molecule has 1 heterocycles. The zero-order chi connectivity index (χ0) is 14.5. The van der Waals surface area contributed by atoms with E-state index in [0.29, 0.717) is 5.56 Å². The molecule has 1 aliphatic heterocycles. The average molecular weight is 275 g/mol. The third-order valence-electron chi connectivity index (χ3n) is 3.76. The zero-order valence-corrected chi connectivity index (χ0v) is 12.1. The van der Waals surface area contributed by atoms with E-state index in [1.165, 1.54) is 0 Å². The summed E-state index contributed by atoms with van der Waals surface area (Å²) in [6, 6.07) is 5.44. The maximum absolute atomic E-state index is 12.5. The Morgan fingerprint density at radius 1 is 1.35 bits per heavy atom. The molecule has 0 aliphatic carbocycles. The van der Waals surface area contributed by atoms with Crippen molar-refractivity contribution in [3.05, 3.63) is 35.9 Å². The van der Waals surface area contributed by atoms with Crippen molar-refractivity contribution in [3.63, 3.8) is 0 Å². The Hall–Kier alpha value is -1.81. The lowest BCUT2D eigenvalue weighted by atomic mass is 10.0. The van der Waals surface area contributed by atoms with Crippen molar-refractivity contribution in [2.45, 2.75) is 18.9 Å². The molecule has 1 aromatic rings. The first-order chi connectivity index (χ1) is 9.69. The van der Waals surface area contributed by atoms with E-state index in [-0.39, 0.29) is 12.0 Å². The van der Waals surface area contributed by atoms with E-state index >= 15 is 0 Å². The molecule has 0 unspecified atom stereocenters. The monoisotopic (exact) mass is 275 g/mol. The van der Waals surface area contributed by atoms with Gasteiger partial charge in [-0.3, -0.25) is 4.79 Å². The molecule has 0 radical (unpaired) electrons. The molecule has 1 fully saturated rings. The average Bonchev–Trinajstić information content (AvgIpc) is 2.53. The number of likely N-dealkylation sites (tertiary alicyclic amines) is 1. The Bertz CT molecular complexity index is 490. The van der Waals surface area contributed by atoms with Crippen LogP contribution < -0.4 is 4.74 Å². The van der Waals surface area contributed by atoms with E-state index < -0.39 is 0 Å². The highest BCUT2D eigenvalue weighted by Crippen LogP contribution is 2.23. The number of ether oxygens (including phenoxy) is 2. The lowest BCUT2D eigenvalue weighted by molar-refractivity contribution is 0.0351. The fraction of sp³-hybridized carbons (Fsp3) is 0.438. The standard InChI is InChI=1S/C16H21NO3/c1-4-12-11-13(5-6-15(12)20-3)16(18)17-9-7-14(19-2)8-10-17/h4-6,11,14H,1,7-10H2,2-3H3. The molecule has 2 rings (SSSR count). The summed E-state index contributed by atoms with van der Waals surface area (Å²) in [6.07, 6.45) is 3.77. The number of piperidine rings is 1. The topological polar surface area (TPSA) is 38.8 Å². The molecule has 1 amide bonds. The Morgan fingerprint density at radius 3 is 2.60 bits per heavy atom. The van der Waals surface area contributed by atoms with Gasteiger partial charge in [0, 0.05) is 31.3 Å². The van der Waals surface area contributed by atoms with Crippen LogP contribution in [-0.4, -0.2) is 44.2 Å². The lowest BCUT2D eigenvalue weighted by Gasteiger charge is -2.31. The number of hydrogen-bond acceptors (Lipinski definition) is 3. The normalized spacial score (nSPS) is 16.0. The molecule has 4 nitrogen and oxygen atoms in total. The van der Waals surface area contributed by atoms with Crippen molar-refractivity contribution in [3.8, 4) is 5.75 Å². The van der Waals surface area contributed by atoms with Crippen LogP contribution >= 0.6 is 0 Å². The minimum absolute atomic E-state index is 0.0605. The molecule has 0 atom stereocenters. The molecule has 0 spiro atoms. The van der Waals surface area contributed by atoms with Crippen molar-refractivity contribution in [2.24, 2.45) is 0 Å². The second-order valence-corrected chi connectivity index (χ2v) is 4.89. The summed E-state index contributed by atoms with van der Waals surface area (Å²) < 4.78 is 10.6. The quantitative estimate of drug-likeness (QED) is 0.847. The van der Waals surface area contributed by atoms with Crippen LogP contribution in [0.1, 0.15) is 28.8 Å². The molecule has 108 valence electrons. The number of nitrogens with zero attached hydrogens (tertiary/aromatic N) is 1. The van der Waals surface area contributed by atoms with Crippen LogP contribution in [0.3, 0.4) is 0 Å². The highest BCUT2D eigenvalue weighted by Gasteiger charge is 2.23. The molecule has 1 saturated heterocycles. The van der Waals surface area contributed by atoms with E-state index in [1.54, 1.807) is 26.4 Å². The third kappa shape index (κ3) is 3.02. The number of benzene rings is 1. The molecule has 1 aromatic carbocycles. The van der Waals surface area contributed by atoms with Crippen LogP contribution in [0.15, 0.2) is 24.8 Å². The Morgan fingerprint density at radius 2 is 2.05 bits per heavy atom. The van der Waals surface area contributed by atoms with E-state index in [9.17, 15) is 4.79 Å². The summed E-state index contributed by atoms with van der Waals surface area (Å²) in [7, 11) is 3.33. The molecule has 0 N–H and O–H groups in total. The summed E-state index contributed by atoms with van der Waals surface area (Å²) in [6.45, 7) is 5.24. The number of carbonyl (C=O) groups is 1. The molecule has 4 heteroatoms. The van der Waals surface area contributed by atoms with Crippen molar-refractivity contribution in [1.29, 1.82) is 0 Å². The first kappa shape index (κ1) is 14.6. The largest absolute Gasteiger partial charge is 0.496 e. The maximum atomic E-state index is 12.5. The molecular weight excluding hydrogens is 254 g/mol. The number of amides is 1. The van der Waals surface area contributed by atoms with Crippen molar-refractivity contribution >= 4 is 12.0 Å². The van der Waals surface area contributed by atoms with Gasteiger partial charge in [0.05, 0.1) is 13.2 Å². The fourth-order valence-electron chi connectivity index (χ4n) is 2.50. The molecule has 0 saturated carbocycles. The minimum Gasteiger partial charge on any atom is -0.496 e.